The smallest absolute Gasteiger partial charge is 0.233 e. The van der Waals surface area contributed by atoms with Gasteiger partial charge in [0.15, 0.2) is 11.0 Å². The second kappa shape index (κ2) is 8.59. The molecule has 33 heavy (non-hydrogen) atoms. The minimum atomic E-state index is 0.173. The molecule has 0 atom stereocenters. The summed E-state index contributed by atoms with van der Waals surface area (Å²) in [7, 11) is 0. The first kappa shape index (κ1) is 20.4. The van der Waals surface area contributed by atoms with Gasteiger partial charge in [-0.1, -0.05) is 48.2 Å². The number of aromatic nitrogens is 4. The SMILES string of the molecule is O=C(CSc1nnc(-c2c[nH]c3ccccc23)n1C1CC1)N1CCN(c2ccccc2)CC1. The van der Waals surface area contributed by atoms with E-state index in [0.29, 0.717) is 11.8 Å². The zero-order chi connectivity index (χ0) is 22.2. The van der Waals surface area contributed by atoms with Gasteiger partial charge in [-0.25, -0.2) is 0 Å². The molecule has 1 aliphatic heterocycles. The fraction of sp³-hybridized carbons (Fsp3) is 0.320. The Bertz CT molecular complexity index is 1270. The van der Waals surface area contributed by atoms with Crippen molar-refractivity contribution in [2.75, 3.05) is 36.8 Å². The molecular weight excluding hydrogens is 432 g/mol. The Labute approximate surface area is 196 Å². The molecule has 2 aromatic carbocycles. The molecule has 0 unspecified atom stereocenters. The molecule has 2 aromatic heterocycles. The summed E-state index contributed by atoms with van der Waals surface area (Å²) in [5, 5.41) is 11.0. The predicted octanol–water partition coefficient (Wildman–Crippen LogP) is 4.20. The number of para-hydroxylation sites is 2. The number of rotatable bonds is 6. The molecule has 0 spiro atoms. The van der Waals surface area contributed by atoms with Crippen LogP contribution in [0.1, 0.15) is 18.9 Å². The maximum absolute atomic E-state index is 12.9. The van der Waals surface area contributed by atoms with Crippen molar-refractivity contribution in [3.63, 3.8) is 0 Å². The van der Waals surface area contributed by atoms with Crippen LogP contribution in [0, 0.1) is 0 Å². The molecule has 8 heteroatoms. The van der Waals surface area contributed by atoms with Crippen molar-refractivity contribution in [2.24, 2.45) is 0 Å². The summed E-state index contributed by atoms with van der Waals surface area (Å²) in [6.07, 6.45) is 4.28. The average molecular weight is 459 g/mol. The third-order valence-corrected chi connectivity index (χ3v) is 7.41. The molecule has 6 rings (SSSR count). The molecule has 1 aliphatic carbocycles. The second-order valence-corrected chi connectivity index (χ2v) is 9.59. The fourth-order valence-corrected chi connectivity index (χ4v) is 5.46. The number of nitrogens with one attached hydrogen (secondary N) is 1. The largest absolute Gasteiger partial charge is 0.368 e. The normalized spacial score (nSPS) is 16.5. The topological polar surface area (TPSA) is 70.0 Å². The van der Waals surface area contributed by atoms with Crippen molar-refractivity contribution in [3.05, 3.63) is 60.8 Å². The van der Waals surface area contributed by atoms with Crippen molar-refractivity contribution in [1.82, 2.24) is 24.6 Å². The van der Waals surface area contributed by atoms with Gasteiger partial charge in [0, 0.05) is 60.6 Å². The molecule has 0 bridgehead atoms. The number of thioether (sulfide) groups is 1. The maximum atomic E-state index is 12.9. The molecule has 1 N–H and O–H groups in total. The lowest BCUT2D eigenvalue weighted by molar-refractivity contribution is -0.128. The molecule has 2 fully saturated rings. The van der Waals surface area contributed by atoms with Crippen molar-refractivity contribution in [1.29, 1.82) is 0 Å². The number of fused-ring (bicyclic) bond motifs is 1. The van der Waals surface area contributed by atoms with Gasteiger partial charge in [0.25, 0.3) is 0 Å². The Hall–Kier alpha value is -3.26. The van der Waals surface area contributed by atoms with E-state index in [-0.39, 0.29) is 5.91 Å². The van der Waals surface area contributed by atoms with Gasteiger partial charge < -0.3 is 14.8 Å². The number of nitrogens with zero attached hydrogens (tertiary/aromatic N) is 5. The monoisotopic (exact) mass is 458 g/mol. The van der Waals surface area contributed by atoms with Gasteiger partial charge in [0.1, 0.15) is 0 Å². The van der Waals surface area contributed by atoms with E-state index in [0.717, 1.165) is 66.5 Å². The van der Waals surface area contributed by atoms with Gasteiger partial charge >= 0.3 is 0 Å². The summed E-state index contributed by atoms with van der Waals surface area (Å²) < 4.78 is 2.24. The number of H-pyrrole nitrogens is 1. The lowest BCUT2D eigenvalue weighted by atomic mass is 10.1. The lowest BCUT2D eigenvalue weighted by Crippen LogP contribution is -2.49. The first-order valence-corrected chi connectivity index (χ1v) is 12.5. The zero-order valence-electron chi connectivity index (χ0n) is 18.4. The molecule has 3 heterocycles. The number of carbonyl (C=O) groups excluding carboxylic acids is 1. The quantitative estimate of drug-likeness (QED) is 0.439. The number of hydrogen-bond acceptors (Lipinski definition) is 5. The van der Waals surface area contributed by atoms with E-state index in [1.54, 1.807) is 0 Å². The van der Waals surface area contributed by atoms with E-state index in [9.17, 15) is 4.79 Å². The average Bonchev–Trinajstić information content (AvgIpc) is 3.48. The highest BCUT2D eigenvalue weighted by Gasteiger charge is 2.31. The third kappa shape index (κ3) is 3.99. The molecule has 7 nitrogen and oxygen atoms in total. The number of carbonyl (C=O) groups is 1. The number of piperazine rings is 1. The summed E-state index contributed by atoms with van der Waals surface area (Å²) in [5.74, 6) is 1.46. The van der Waals surface area contributed by atoms with Gasteiger partial charge in [-0.05, 0) is 31.0 Å². The molecule has 1 saturated carbocycles. The van der Waals surface area contributed by atoms with Gasteiger partial charge in [-0.15, -0.1) is 10.2 Å². The molecule has 0 radical (unpaired) electrons. The van der Waals surface area contributed by atoms with Gasteiger partial charge in [0.05, 0.1) is 5.75 Å². The van der Waals surface area contributed by atoms with Gasteiger partial charge in [-0.3, -0.25) is 9.36 Å². The van der Waals surface area contributed by atoms with Crippen LogP contribution in [-0.4, -0.2) is 62.5 Å². The Morgan fingerprint density at radius 1 is 0.970 bits per heavy atom. The minimum Gasteiger partial charge on any atom is -0.368 e. The summed E-state index contributed by atoms with van der Waals surface area (Å²) in [6, 6.07) is 19.1. The summed E-state index contributed by atoms with van der Waals surface area (Å²) in [4.78, 5) is 20.6. The number of aromatic amines is 1. The van der Waals surface area contributed by atoms with E-state index >= 15 is 0 Å². The van der Waals surface area contributed by atoms with Gasteiger partial charge in [-0.2, -0.15) is 0 Å². The first-order chi connectivity index (χ1) is 16.3. The number of hydrogen-bond donors (Lipinski definition) is 1. The molecule has 168 valence electrons. The van der Waals surface area contributed by atoms with Crippen LogP contribution < -0.4 is 4.90 Å². The number of benzene rings is 2. The fourth-order valence-electron chi connectivity index (χ4n) is 4.55. The van der Waals surface area contributed by atoms with Crippen LogP contribution >= 0.6 is 11.8 Å². The van der Waals surface area contributed by atoms with Crippen LogP contribution in [0.3, 0.4) is 0 Å². The Kier molecular flexibility index (Phi) is 5.30. The van der Waals surface area contributed by atoms with Crippen LogP contribution in [0.2, 0.25) is 0 Å². The Morgan fingerprint density at radius 3 is 2.52 bits per heavy atom. The van der Waals surface area contributed by atoms with E-state index in [2.05, 4.69) is 61.0 Å². The van der Waals surface area contributed by atoms with Crippen LogP contribution in [0.4, 0.5) is 5.69 Å². The predicted molar refractivity (Wildman–Crippen MR) is 132 cm³/mol. The zero-order valence-corrected chi connectivity index (χ0v) is 19.2. The Balaban J connectivity index is 1.14. The number of anilines is 1. The summed E-state index contributed by atoms with van der Waals surface area (Å²) in [6.45, 7) is 3.24. The standard InChI is InChI=1S/C25H26N6OS/c32-23(30-14-12-29(13-15-30)18-6-2-1-3-7-18)17-33-25-28-27-24(31(25)19-10-11-19)21-16-26-22-9-5-4-8-20(21)22/h1-9,16,19,26H,10-15,17H2. The summed E-state index contributed by atoms with van der Waals surface area (Å²) in [5.41, 5.74) is 3.39. The molecule has 1 saturated heterocycles. The van der Waals surface area contributed by atoms with Crippen molar-refractivity contribution in [3.8, 4) is 11.4 Å². The van der Waals surface area contributed by atoms with E-state index < -0.39 is 0 Å². The van der Waals surface area contributed by atoms with Crippen LogP contribution in [0.25, 0.3) is 22.3 Å². The molecular formula is C25H26N6OS. The third-order valence-electron chi connectivity index (χ3n) is 6.49. The van der Waals surface area contributed by atoms with Crippen molar-refractivity contribution >= 4 is 34.3 Å². The van der Waals surface area contributed by atoms with Crippen LogP contribution in [0.5, 0.6) is 0 Å². The highest BCUT2D eigenvalue weighted by Crippen LogP contribution is 2.42. The molecule has 4 aromatic rings. The highest BCUT2D eigenvalue weighted by molar-refractivity contribution is 7.99. The van der Waals surface area contributed by atoms with Gasteiger partial charge in [0.2, 0.25) is 5.91 Å². The van der Waals surface area contributed by atoms with E-state index in [1.807, 2.05) is 29.3 Å². The maximum Gasteiger partial charge on any atom is 0.233 e. The van der Waals surface area contributed by atoms with Crippen molar-refractivity contribution < 1.29 is 4.79 Å². The van der Waals surface area contributed by atoms with E-state index in [1.165, 1.54) is 17.4 Å². The van der Waals surface area contributed by atoms with Crippen LogP contribution in [0.15, 0.2) is 66.0 Å². The lowest BCUT2D eigenvalue weighted by Gasteiger charge is -2.36. The van der Waals surface area contributed by atoms with E-state index in [4.69, 9.17) is 0 Å². The second-order valence-electron chi connectivity index (χ2n) is 8.65. The molecule has 2 aliphatic rings. The highest BCUT2D eigenvalue weighted by atomic mass is 32.2. The minimum absolute atomic E-state index is 0.173. The first-order valence-electron chi connectivity index (χ1n) is 11.5. The number of amides is 1. The van der Waals surface area contributed by atoms with Crippen molar-refractivity contribution in [2.45, 2.75) is 24.0 Å². The molecule has 1 amide bonds. The summed E-state index contributed by atoms with van der Waals surface area (Å²) >= 11 is 1.51. The Morgan fingerprint density at radius 2 is 1.73 bits per heavy atom. The van der Waals surface area contributed by atoms with Crippen LogP contribution in [-0.2, 0) is 4.79 Å².